The summed E-state index contributed by atoms with van der Waals surface area (Å²) in [6.07, 6.45) is 6.14. The van der Waals surface area contributed by atoms with Crippen molar-refractivity contribution in [1.29, 1.82) is 0 Å². The van der Waals surface area contributed by atoms with Gasteiger partial charge in [-0.05, 0) is 56.4 Å². The van der Waals surface area contributed by atoms with E-state index in [0.717, 1.165) is 37.3 Å². The SMILES string of the molecule is CS(O)(O)C1(c2cc(N3CCOCC3)nc(-c3ccc(NC(=O)NC4CCC4)cc3)n2)CC1. The van der Waals surface area contributed by atoms with E-state index in [4.69, 9.17) is 14.7 Å². The Morgan fingerprint density at radius 1 is 1.15 bits per heavy atom. The number of carbonyl (C=O) groups excluding carboxylic acids is 1. The van der Waals surface area contributed by atoms with E-state index in [0.29, 0.717) is 43.3 Å². The number of rotatable bonds is 6. The van der Waals surface area contributed by atoms with Crippen LogP contribution in [0.5, 0.6) is 0 Å². The number of ether oxygens (including phenoxy) is 1. The molecule has 0 spiro atoms. The Morgan fingerprint density at radius 2 is 1.85 bits per heavy atom. The van der Waals surface area contributed by atoms with Gasteiger partial charge in [-0.1, -0.05) is 0 Å². The fourth-order valence-electron chi connectivity index (χ4n) is 4.31. The van der Waals surface area contributed by atoms with Gasteiger partial charge in [0, 0.05) is 42.7 Å². The van der Waals surface area contributed by atoms with Gasteiger partial charge in [-0.3, -0.25) is 9.11 Å². The van der Waals surface area contributed by atoms with Crippen LogP contribution >= 0.6 is 10.6 Å². The van der Waals surface area contributed by atoms with Crippen LogP contribution in [0.15, 0.2) is 30.3 Å². The van der Waals surface area contributed by atoms with Crippen LogP contribution in [0.1, 0.15) is 37.8 Å². The zero-order valence-electron chi connectivity index (χ0n) is 18.8. The number of nitrogens with one attached hydrogen (secondary N) is 2. The molecule has 10 heteroatoms. The van der Waals surface area contributed by atoms with Crippen molar-refractivity contribution in [3.8, 4) is 11.4 Å². The summed E-state index contributed by atoms with van der Waals surface area (Å²) in [5, 5.41) is 5.84. The molecule has 1 aromatic heterocycles. The molecule has 178 valence electrons. The lowest BCUT2D eigenvalue weighted by atomic mass is 9.93. The molecule has 5 rings (SSSR count). The summed E-state index contributed by atoms with van der Waals surface area (Å²) in [4.78, 5) is 23.9. The van der Waals surface area contributed by atoms with Crippen LogP contribution in [0.25, 0.3) is 11.4 Å². The van der Waals surface area contributed by atoms with E-state index in [1.54, 1.807) is 0 Å². The third-order valence-corrected chi connectivity index (χ3v) is 8.90. The number of morpholine rings is 1. The maximum absolute atomic E-state index is 12.1. The van der Waals surface area contributed by atoms with Crippen molar-refractivity contribution in [3.63, 3.8) is 0 Å². The average Bonchev–Trinajstić information content (AvgIpc) is 3.60. The Bertz CT molecular complexity index is 1010. The second kappa shape index (κ2) is 8.75. The third kappa shape index (κ3) is 4.65. The Kier molecular flexibility index (Phi) is 5.94. The van der Waals surface area contributed by atoms with Gasteiger partial charge in [-0.2, -0.15) is 10.6 Å². The summed E-state index contributed by atoms with van der Waals surface area (Å²) in [7, 11) is -2.81. The number of urea groups is 1. The van der Waals surface area contributed by atoms with Crippen molar-refractivity contribution in [2.75, 3.05) is 42.8 Å². The smallest absolute Gasteiger partial charge is 0.319 e. The van der Waals surface area contributed by atoms with Crippen LogP contribution in [0.2, 0.25) is 0 Å². The first kappa shape index (κ1) is 22.4. The number of hydrogen-bond donors (Lipinski definition) is 4. The van der Waals surface area contributed by atoms with Crippen LogP contribution in [0.3, 0.4) is 0 Å². The van der Waals surface area contributed by atoms with Gasteiger partial charge in [0.1, 0.15) is 10.6 Å². The van der Waals surface area contributed by atoms with Crippen molar-refractivity contribution < 1.29 is 18.6 Å². The van der Waals surface area contributed by atoms with Crippen LogP contribution < -0.4 is 15.5 Å². The summed E-state index contributed by atoms with van der Waals surface area (Å²) in [5.74, 6) is 1.31. The fraction of sp³-hybridized carbons (Fsp3) is 0.522. The summed E-state index contributed by atoms with van der Waals surface area (Å²) >= 11 is 0. The first-order chi connectivity index (χ1) is 15.8. The minimum absolute atomic E-state index is 0.191. The number of carbonyl (C=O) groups is 1. The van der Waals surface area contributed by atoms with E-state index in [2.05, 4.69) is 15.5 Å². The fourth-order valence-corrected chi connectivity index (χ4v) is 5.69. The van der Waals surface area contributed by atoms with Crippen LogP contribution in [0, 0.1) is 0 Å². The highest BCUT2D eigenvalue weighted by Crippen LogP contribution is 2.69. The number of aromatic nitrogens is 2. The quantitative estimate of drug-likeness (QED) is 0.500. The minimum atomic E-state index is -2.81. The van der Waals surface area contributed by atoms with Gasteiger partial charge in [0.2, 0.25) is 0 Å². The Balaban J connectivity index is 1.41. The molecule has 1 saturated heterocycles. The molecule has 2 aliphatic carbocycles. The number of nitrogens with zero attached hydrogens (tertiary/aromatic N) is 3. The first-order valence-electron chi connectivity index (χ1n) is 11.5. The molecule has 2 heterocycles. The normalized spacial score (nSPS) is 20.6. The topological polar surface area (TPSA) is 120 Å². The van der Waals surface area contributed by atoms with Gasteiger partial charge < -0.3 is 20.3 Å². The molecule has 2 saturated carbocycles. The van der Waals surface area contributed by atoms with E-state index in [1.807, 2.05) is 30.3 Å². The van der Waals surface area contributed by atoms with E-state index in [1.165, 1.54) is 12.7 Å². The van der Waals surface area contributed by atoms with E-state index in [9.17, 15) is 13.9 Å². The maximum Gasteiger partial charge on any atom is 0.319 e. The first-order valence-corrected chi connectivity index (χ1v) is 13.4. The second-order valence-electron chi connectivity index (χ2n) is 9.17. The summed E-state index contributed by atoms with van der Waals surface area (Å²) in [6.45, 7) is 2.71. The van der Waals surface area contributed by atoms with Gasteiger partial charge in [0.15, 0.2) is 5.82 Å². The van der Waals surface area contributed by atoms with Crippen molar-refractivity contribution in [2.24, 2.45) is 0 Å². The largest absolute Gasteiger partial charge is 0.378 e. The lowest BCUT2D eigenvalue weighted by Crippen LogP contribution is -2.41. The van der Waals surface area contributed by atoms with Gasteiger partial charge in [0.05, 0.1) is 18.9 Å². The molecule has 0 bridgehead atoms. The summed E-state index contributed by atoms with van der Waals surface area (Å²) in [6, 6.07) is 9.42. The zero-order chi connectivity index (χ0) is 23.1. The standard InChI is InChI=1S/C23H31N5O4S/c1-33(30,31)23(9-10-23)19-15-20(28-11-13-32-14-12-28)27-21(26-19)16-5-7-18(8-6-16)25-22(29)24-17-3-2-4-17/h5-8,15,17,30-31H,2-4,9-14H2,1H3,(H2,24,25,29). The van der Waals surface area contributed by atoms with Gasteiger partial charge >= 0.3 is 6.03 Å². The lowest BCUT2D eigenvalue weighted by Gasteiger charge is -2.37. The van der Waals surface area contributed by atoms with Crippen molar-refractivity contribution in [3.05, 3.63) is 36.0 Å². The molecule has 1 aromatic carbocycles. The molecular weight excluding hydrogens is 442 g/mol. The third-order valence-electron chi connectivity index (χ3n) is 6.80. The monoisotopic (exact) mass is 473 g/mol. The Hall–Kier alpha value is -2.40. The van der Waals surface area contributed by atoms with E-state index in [-0.39, 0.29) is 12.1 Å². The molecule has 3 fully saturated rings. The highest BCUT2D eigenvalue weighted by atomic mass is 32.3. The van der Waals surface area contributed by atoms with Gasteiger partial charge in [-0.25, -0.2) is 14.8 Å². The molecule has 9 nitrogen and oxygen atoms in total. The predicted molar refractivity (Wildman–Crippen MR) is 130 cm³/mol. The summed E-state index contributed by atoms with van der Waals surface area (Å²) in [5.41, 5.74) is 2.18. The Morgan fingerprint density at radius 3 is 2.42 bits per heavy atom. The highest BCUT2D eigenvalue weighted by molar-refractivity contribution is 8.24. The molecule has 2 amide bonds. The molecular formula is C23H31N5O4S. The van der Waals surface area contributed by atoms with Gasteiger partial charge in [-0.15, -0.1) is 0 Å². The van der Waals surface area contributed by atoms with Crippen molar-refractivity contribution >= 4 is 28.1 Å². The maximum atomic E-state index is 12.1. The molecule has 33 heavy (non-hydrogen) atoms. The van der Waals surface area contributed by atoms with Crippen LogP contribution in [0.4, 0.5) is 16.3 Å². The second-order valence-corrected chi connectivity index (χ2v) is 11.6. The van der Waals surface area contributed by atoms with Crippen molar-refractivity contribution in [2.45, 2.75) is 42.9 Å². The van der Waals surface area contributed by atoms with E-state index >= 15 is 0 Å². The van der Waals surface area contributed by atoms with Crippen molar-refractivity contribution in [1.82, 2.24) is 15.3 Å². The minimum Gasteiger partial charge on any atom is -0.378 e. The number of anilines is 2. The molecule has 4 N–H and O–H groups in total. The highest BCUT2D eigenvalue weighted by Gasteiger charge is 2.55. The number of benzene rings is 1. The molecule has 2 aromatic rings. The Labute approximate surface area is 195 Å². The van der Waals surface area contributed by atoms with Gasteiger partial charge in [0.25, 0.3) is 0 Å². The molecule has 0 radical (unpaired) electrons. The summed E-state index contributed by atoms with van der Waals surface area (Å²) < 4.78 is 25.8. The zero-order valence-corrected chi connectivity index (χ0v) is 19.6. The molecule has 1 aliphatic heterocycles. The number of hydrogen-bond acceptors (Lipinski definition) is 7. The molecule has 0 atom stereocenters. The molecule has 3 aliphatic rings. The lowest BCUT2D eigenvalue weighted by molar-refractivity contribution is 0.122. The predicted octanol–water partition coefficient (Wildman–Crippen LogP) is 4.02. The molecule has 0 unspecified atom stereocenters. The van der Waals surface area contributed by atoms with Crippen LogP contribution in [-0.2, 0) is 9.48 Å². The van der Waals surface area contributed by atoms with Crippen LogP contribution in [-0.4, -0.2) is 63.7 Å². The van der Waals surface area contributed by atoms with E-state index < -0.39 is 15.3 Å². The average molecular weight is 474 g/mol. The number of amides is 2.